The molecule has 2 atom stereocenters. The first-order chi connectivity index (χ1) is 14.6. The maximum absolute atomic E-state index is 6.07. The van der Waals surface area contributed by atoms with Crippen LogP contribution in [0.15, 0.2) is 42.5 Å². The number of benzene rings is 2. The van der Waals surface area contributed by atoms with Gasteiger partial charge in [0.25, 0.3) is 0 Å². The molecule has 162 valence electrons. The van der Waals surface area contributed by atoms with Gasteiger partial charge in [-0.05, 0) is 44.5 Å². The minimum absolute atomic E-state index is 0.291. The molecule has 1 fully saturated rings. The van der Waals surface area contributed by atoms with Crippen LogP contribution in [0.4, 0.5) is 0 Å². The number of morpholine rings is 1. The Morgan fingerprint density at radius 3 is 2.60 bits per heavy atom. The molecule has 0 aromatic heterocycles. The summed E-state index contributed by atoms with van der Waals surface area (Å²) < 4.78 is 17.8. The maximum Gasteiger partial charge on any atom is 0.123 e. The fraction of sp³-hybridized carbons (Fsp3) is 0.520. The van der Waals surface area contributed by atoms with Crippen molar-refractivity contribution in [2.45, 2.75) is 52.6 Å². The normalized spacial score (nSPS) is 22.8. The van der Waals surface area contributed by atoms with Crippen LogP contribution in [0.2, 0.25) is 0 Å². The maximum atomic E-state index is 6.07. The lowest BCUT2D eigenvalue weighted by atomic mass is 10.1. The number of para-hydroxylation sites is 1. The van der Waals surface area contributed by atoms with Crippen LogP contribution in [0, 0.1) is 0 Å². The highest BCUT2D eigenvalue weighted by atomic mass is 16.5. The topological polar surface area (TPSA) is 34.2 Å². The van der Waals surface area contributed by atoms with Crippen molar-refractivity contribution in [2.24, 2.45) is 0 Å². The summed E-state index contributed by atoms with van der Waals surface area (Å²) in [6.45, 7) is 13.3. The number of hydrogen-bond donors (Lipinski definition) is 0. The van der Waals surface area contributed by atoms with Gasteiger partial charge >= 0.3 is 0 Å². The van der Waals surface area contributed by atoms with Gasteiger partial charge in [-0.25, -0.2) is 0 Å². The predicted octanol–water partition coefficient (Wildman–Crippen LogP) is 4.09. The third-order valence-electron chi connectivity index (χ3n) is 5.75. The van der Waals surface area contributed by atoms with Gasteiger partial charge in [0.1, 0.15) is 18.1 Å². The molecular weight excluding hydrogens is 376 g/mol. The van der Waals surface area contributed by atoms with Gasteiger partial charge in [0.05, 0.1) is 18.8 Å². The van der Waals surface area contributed by atoms with Crippen molar-refractivity contribution in [3.63, 3.8) is 0 Å². The second-order valence-corrected chi connectivity index (χ2v) is 8.49. The first-order valence-corrected chi connectivity index (χ1v) is 11.2. The Morgan fingerprint density at radius 1 is 1.00 bits per heavy atom. The zero-order valence-corrected chi connectivity index (χ0v) is 18.5. The molecule has 0 unspecified atom stereocenters. The van der Waals surface area contributed by atoms with E-state index >= 15 is 0 Å². The molecule has 0 spiro atoms. The molecular formula is C25H34N2O3. The van der Waals surface area contributed by atoms with E-state index in [4.69, 9.17) is 14.2 Å². The lowest BCUT2D eigenvalue weighted by molar-refractivity contribution is -0.0704. The van der Waals surface area contributed by atoms with Crippen molar-refractivity contribution in [3.05, 3.63) is 59.2 Å². The molecule has 1 saturated heterocycles. The monoisotopic (exact) mass is 410 g/mol. The van der Waals surface area contributed by atoms with E-state index in [2.05, 4.69) is 60.0 Å². The molecule has 0 amide bonds. The van der Waals surface area contributed by atoms with Crippen molar-refractivity contribution in [2.75, 3.05) is 32.8 Å². The van der Waals surface area contributed by atoms with Crippen molar-refractivity contribution in [3.8, 4) is 11.5 Å². The predicted molar refractivity (Wildman–Crippen MR) is 119 cm³/mol. The summed E-state index contributed by atoms with van der Waals surface area (Å²) in [7, 11) is 0. The van der Waals surface area contributed by atoms with Crippen molar-refractivity contribution in [1.82, 2.24) is 9.80 Å². The Hall–Kier alpha value is -2.08. The standard InChI is InChI=1S/C25H34N2O3/c1-4-28-24-8-6-5-7-22(24)17-26-11-12-29-25-10-9-21(13-23(25)18-26)16-27-14-19(2)30-20(3)15-27/h5-10,13,19-20H,4,11-12,14-18H2,1-3H3/t19-,20+. The molecule has 2 aliphatic rings. The van der Waals surface area contributed by atoms with Crippen molar-refractivity contribution in [1.29, 1.82) is 0 Å². The summed E-state index contributed by atoms with van der Waals surface area (Å²) in [6.07, 6.45) is 0.581. The smallest absolute Gasteiger partial charge is 0.123 e. The van der Waals surface area contributed by atoms with Gasteiger partial charge < -0.3 is 14.2 Å². The first kappa shape index (κ1) is 21.2. The third-order valence-corrected chi connectivity index (χ3v) is 5.75. The van der Waals surface area contributed by atoms with Crippen LogP contribution in [-0.2, 0) is 24.4 Å². The summed E-state index contributed by atoms with van der Waals surface area (Å²) in [5.74, 6) is 2.00. The Labute approximate surface area is 180 Å². The van der Waals surface area contributed by atoms with Crippen LogP contribution in [0.5, 0.6) is 11.5 Å². The zero-order chi connectivity index (χ0) is 20.9. The number of rotatable bonds is 6. The summed E-state index contributed by atoms with van der Waals surface area (Å²) in [5.41, 5.74) is 3.85. The molecule has 2 aromatic carbocycles. The van der Waals surface area contributed by atoms with E-state index in [9.17, 15) is 0 Å². The Kier molecular flexibility index (Phi) is 6.93. The molecule has 5 heteroatoms. The zero-order valence-electron chi connectivity index (χ0n) is 18.5. The van der Waals surface area contributed by atoms with Gasteiger partial charge in [-0.15, -0.1) is 0 Å². The molecule has 5 nitrogen and oxygen atoms in total. The highest BCUT2D eigenvalue weighted by Crippen LogP contribution is 2.28. The highest BCUT2D eigenvalue weighted by molar-refractivity contribution is 5.38. The first-order valence-electron chi connectivity index (χ1n) is 11.2. The van der Waals surface area contributed by atoms with Gasteiger partial charge in [0.15, 0.2) is 0 Å². The fourth-order valence-corrected chi connectivity index (χ4v) is 4.58. The van der Waals surface area contributed by atoms with E-state index in [0.717, 1.165) is 50.8 Å². The molecule has 0 N–H and O–H groups in total. The van der Waals surface area contributed by atoms with Crippen LogP contribution in [0.25, 0.3) is 0 Å². The van der Waals surface area contributed by atoms with Crippen LogP contribution >= 0.6 is 0 Å². The third kappa shape index (κ3) is 5.34. The molecule has 4 rings (SSSR count). The Bertz CT molecular complexity index is 831. The molecule has 0 bridgehead atoms. The van der Waals surface area contributed by atoms with Gasteiger partial charge in [-0.2, -0.15) is 0 Å². The van der Waals surface area contributed by atoms with Crippen LogP contribution < -0.4 is 9.47 Å². The Morgan fingerprint density at radius 2 is 1.80 bits per heavy atom. The van der Waals surface area contributed by atoms with E-state index in [0.29, 0.717) is 25.4 Å². The summed E-state index contributed by atoms with van der Waals surface area (Å²) in [6, 6.07) is 15.0. The van der Waals surface area contributed by atoms with Crippen LogP contribution in [-0.4, -0.2) is 54.9 Å². The quantitative estimate of drug-likeness (QED) is 0.717. The molecule has 2 aliphatic heterocycles. The number of ether oxygens (including phenoxy) is 3. The summed E-state index contributed by atoms with van der Waals surface area (Å²) in [5, 5.41) is 0. The lowest BCUT2D eigenvalue weighted by Crippen LogP contribution is -2.44. The van der Waals surface area contributed by atoms with E-state index in [1.807, 2.05) is 13.0 Å². The molecule has 30 heavy (non-hydrogen) atoms. The summed E-state index contributed by atoms with van der Waals surface area (Å²) >= 11 is 0. The van der Waals surface area contributed by atoms with Crippen molar-refractivity contribution < 1.29 is 14.2 Å². The molecule has 0 radical (unpaired) electrons. The van der Waals surface area contributed by atoms with Crippen LogP contribution in [0.3, 0.4) is 0 Å². The van der Waals surface area contributed by atoms with E-state index < -0.39 is 0 Å². The van der Waals surface area contributed by atoms with E-state index in [1.54, 1.807) is 0 Å². The molecule has 0 aliphatic carbocycles. The van der Waals surface area contributed by atoms with E-state index in [-0.39, 0.29) is 0 Å². The van der Waals surface area contributed by atoms with Gasteiger partial charge in [0, 0.05) is 50.4 Å². The molecule has 2 heterocycles. The van der Waals surface area contributed by atoms with Gasteiger partial charge in [0.2, 0.25) is 0 Å². The molecule has 0 saturated carbocycles. The van der Waals surface area contributed by atoms with Gasteiger partial charge in [-0.1, -0.05) is 24.3 Å². The largest absolute Gasteiger partial charge is 0.494 e. The Balaban J connectivity index is 1.46. The number of nitrogens with zero attached hydrogens (tertiary/aromatic N) is 2. The second kappa shape index (κ2) is 9.82. The van der Waals surface area contributed by atoms with Gasteiger partial charge in [-0.3, -0.25) is 9.80 Å². The van der Waals surface area contributed by atoms with E-state index in [1.165, 1.54) is 16.7 Å². The summed E-state index contributed by atoms with van der Waals surface area (Å²) in [4.78, 5) is 4.95. The van der Waals surface area contributed by atoms with Crippen molar-refractivity contribution >= 4 is 0 Å². The molecule has 2 aromatic rings. The average molecular weight is 411 g/mol. The minimum Gasteiger partial charge on any atom is -0.494 e. The lowest BCUT2D eigenvalue weighted by Gasteiger charge is -2.35. The van der Waals surface area contributed by atoms with Crippen LogP contribution in [0.1, 0.15) is 37.5 Å². The average Bonchev–Trinajstić information content (AvgIpc) is 2.90. The number of hydrogen-bond acceptors (Lipinski definition) is 5. The highest BCUT2D eigenvalue weighted by Gasteiger charge is 2.23. The fourth-order valence-electron chi connectivity index (χ4n) is 4.58. The number of fused-ring (bicyclic) bond motifs is 1. The minimum atomic E-state index is 0.291. The SMILES string of the molecule is CCOc1ccccc1CN1CCOc2ccc(CN3C[C@@H](C)O[C@@H](C)C3)cc2C1. The second-order valence-electron chi connectivity index (χ2n) is 8.49.